The molecular formula is C13H18N2O3S. The van der Waals surface area contributed by atoms with Gasteiger partial charge in [-0.1, -0.05) is 30.3 Å². The van der Waals surface area contributed by atoms with E-state index in [0.717, 1.165) is 11.3 Å². The van der Waals surface area contributed by atoms with E-state index in [1.165, 1.54) is 0 Å². The molecule has 0 spiro atoms. The number of primary amides is 1. The van der Waals surface area contributed by atoms with Gasteiger partial charge in [0.15, 0.2) is 0 Å². The maximum atomic E-state index is 11.5. The van der Waals surface area contributed by atoms with Gasteiger partial charge in [-0.05, 0) is 24.0 Å². The first kappa shape index (κ1) is 15.4. The quantitative estimate of drug-likeness (QED) is 0.794. The van der Waals surface area contributed by atoms with Crippen molar-refractivity contribution in [2.24, 2.45) is 5.73 Å². The van der Waals surface area contributed by atoms with Crippen molar-refractivity contribution in [3.63, 3.8) is 0 Å². The second kappa shape index (κ2) is 8.42. The Kier molecular flexibility index (Phi) is 6.81. The van der Waals surface area contributed by atoms with Crippen molar-refractivity contribution in [3.8, 4) is 0 Å². The van der Waals surface area contributed by atoms with Crippen LogP contribution in [0.4, 0.5) is 4.79 Å². The Bertz CT molecular complexity index is 412. The molecule has 5 nitrogen and oxygen atoms in total. The van der Waals surface area contributed by atoms with Gasteiger partial charge in [0.25, 0.3) is 0 Å². The number of nitrogens with one attached hydrogen (secondary N) is 1. The van der Waals surface area contributed by atoms with E-state index in [1.54, 1.807) is 11.8 Å². The van der Waals surface area contributed by atoms with E-state index in [9.17, 15) is 9.59 Å². The minimum Gasteiger partial charge on any atom is -0.445 e. The Hall–Kier alpha value is -1.69. The summed E-state index contributed by atoms with van der Waals surface area (Å²) in [5.74, 6) is 0.192. The average Bonchev–Trinajstić information content (AvgIpc) is 2.42. The highest BCUT2D eigenvalue weighted by Crippen LogP contribution is 2.03. The molecule has 2 amide bonds. The summed E-state index contributed by atoms with van der Waals surface area (Å²) in [6.45, 7) is 0.167. The van der Waals surface area contributed by atoms with Gasteiger partial charge in [-0.3, -0.25) is 4.79 Å². The van der Waals surface area contributed by atoms with E-state index in [-0.39, 0.29) is 6.61 Å². The van der Waals surface area contributed by atoms with Gasteiger partial charge >= 0.3 is 6.09 Å². The predicted molar refractivity (Wildman–Crippen MR) is 75.7 cm³/mol. The molecule has 3 N–H and O–H groups in total. The average molecular weight is 282 g/mol. The van der Waals surface area contributed by atoms with E-state index in [0.29, 0.717) is 6.42 Å². The maximum absolute atomic E-state index is 11.5. The number of ether oxygens (including phenoxy) is 1. The fourth-order valence-electron chi connectivity index (χ4n) is 1.43. The lowest BCUT2D eigenvalue weighted by Crippen LogP contribution is -2.44. The summed E-state index contributed by atoms with van der Waals surface area (Å²) in [6.07, 6.45) is 1.79. The summed E-state index contributed by atoms with van der Waals surface area (Å²) >= 11 is 1.58. The SMILES string of the molecule is CSCC[C@@H](NC(=O)OCc1ccccc1)C(N)=O. The fraction of sp³-hybridized carbons (Fsp3) is 0.385. The maximum Gasteiger partial charge on any atom is 0.408 e. The molecule has 1 aromatic carbocycles. The number of alkyl carbamates (subject to hydrolysis) is 1. The first-order valence-corrected chi connectivity index (χ1v) is 7.28. The number of rotatable bonds is 7. The highest BCUT2D eigenvalue weighted by molar-refractivity contribution is 7.98. The van der Waals surface area contributed by atoms with Crippen molar-refractivity contribution in [1.82, 2.24) is 5.32 Å². The van der Waals surface area contributed by atoms with Crippen molar-refractivity contribution in [3.05, 3.63) is 35.9 Å². The molecule has 1 rings (SSSR count). The van der Waals surface area contributed by atoms with Gasteiger partial charge in [0.2, 0.25) is 5.91 Å². The third-order valence-electron chi connectivity index (χ3n) is 2.46. The Morgan fingerprint density at radius 2 is 2.05 bits per heavy atom. The van der Waals surface area contributed by atoms with E-state index in [1.807, 2.05) is 36.6 Å². The molecule has 0 bridgehead atoms. The van der Waals surface area contributed by atoms with Crippen LogP contribution in [0, 0.1) is 0 Å². The number of thioether (sulfide) groups is 1. The van der Waals surface area contributed by atoms with Crippen LogP contribution < -0.4 is 11.1 Å². The van der Waals surface area contributed by atoms with Crippen LogP contribution in [0.3, 0.4) is 0 Å². The summed E-state index contributed by atoms with van der Waals surface area (Å²) < 4.78 is 5.02. The topological polar surface area (TPSA) is 81.4 Å². The number of hydrogen-bond donors (Lipinski definition) is 2. The summed E-state index contributed by atoms with van der Waals surface area (Å²) in [7, 11) is 0. The normalized spacial score (nSPS) is 11.6. The molecule has 0 aromatic heterocycles. The molecule has 0 heterocycles. The molecule has 0 aliphatic carbocycles. The monoisotopic (exact) mass is 282 g/mol. The van der Waals surface area contributed by atoms with Gasteiger partial charge in [-0.2, -0.15) is 11.8 Å². The van der Waals surface area contributed by atoms with Crippen molar-refractivity contribution >= 4 is 23.8 Å². The molecule has 0 saturated carbocycles. The van der Waals surface area contributed by atoms with Gasteiger partial charge in [-0.15, -0.1) is 0 Å². The summed E-state index contributed by atoms with van der Waals surface area (Å²) in [5, 5.41) is 2.47. The highest BCUT2D eigenvalue weighted by atomic mass is 32.2. The number of carbonyl (C=O) groups excluding carboxylic acids is 2. The Balaban J connectivity index is 2.38. The summed E-state index contributed by atoms with van der Waals surface area (Å²) in [6, 6.07) is 8.63. The van der Waals surface area contributed by atoms with Crippen LogP contribution in [0.2, 0.25) is 0 Å². The number of carbonyl (C=O) groups is 2. The Labute approximate surface area is 116 Å². The Morgan fingerprint density at radius 1 is 1.37 bits per heavy atom. The van der Waals surface area contributed by atoms with Crippen LogP contribution >= 0.6 is 11.8 Å². The first-order valence-electron chi connectivity index (χ1n) is 5.89. The van der Waals surface area contributed by atoms with Gasteiger partial charge in [0.05, 0.1) is 0 Å². The molecule has 0 unspecified atom stereocenters. The largest absolute Gasteiger partial charge is 0.445 e. The molecule has 19 heavy (non-hydrogen) atoms. The fourth-order valence-corrected chi connectivity index (χ4v) is 1.90. The molecule has 0 aliphatic heterocycles. The van der Waals surface area contributed by atoms with Crippen LogP contribution in [0.1, 0.15) is 12.0 Å². The molecule has 0 saturated heterocycles. The van der Waals surface area contributed by atoms with Gasteiger partial charge in [-0.25, -0.2) is 4.79 Å². The van der Waals surface area contributed by atoms with Crippen LogP contribution in [0.25, 0.3) is 0 Å². The molecule has 1 aromatic rings. The molecule has 0 fully saturated rings. The third kappa shape index (κ3) is 6.15. The van der Waals surface area contributed by atoms with Crippen molar-refractivity contribution in [1.29, 1.82) is 0 Å². The van der Waals surface area contributed by atoms with E-state index >= 15 is 0 Å². The minimum atomic E-state index is -0.685. The lowest BCUT2D eigenvalue weighted by Gasteiger charge is -2.14. The zero-order valence-corrected chi connectivity index (χ0v) is 11.6. The number of benzene rings is 1. The molecular weight excluding hydrogens is 264 g/mol. The minimum absolute atomic E-state index is 0.167. The summed E-state index contributed by atoms with van der Waals surface area (Å²) in [4.78, 5) is 22.7. The van der Waals surface area contributed by atoms with Gasteiger partial charge in [0, 0.05) is 0 Å². The van der Waals surface area contributed by atoms with Crippen molar-refractivity contribution in [2.45, 2.75) is 19.1 Å². The Morgan fingerprint density at radius 3 is 2.63 bits per heavy atom. The van der Waals surface area contributed by atoms with E-state index < -0.39 is 18.0 Å². The molecule has 6 heteroatoms. The zero-order valence-electron chi connectivity index (χ0n) is 10.8. The molecule has 0 radical (unpaired) electrons. The van der Waals surface area contributed by atoms with Gasteiger partial charge < -0.3 is 15.8 Å². The third-order valence-corrected chi connectivity index (χ3v) is 3.10. The first-order chi connectivity index (χ1) is 9.13. The van der Waals surface area contributed by atoms with Crippen LogP contribution in [-0.4, -0.2) is 30.1 Å². The highest BCUT2D eigenvalue weighted by Gasteiger charge is 2.18. The van der Waals surface area contributed by atoms with Crippen LogP contribution in [-0.2, 0) is 16.1 Å². The van der Waals surface area contributed by atoms with Crippen LogP contribution in [0.15, 0.2) is 30.3 Å². The lowest BCUT2D eigenvalue weighted by atomic mass is 10.2. The molecule has 0 aliphatic rings. The van der Waals surface area contributed by atoms with Crippen molar-refractivity contribution in [2.75, 3.05) is 12.0 Å². The van der Waals surface area contributed by atoms with Gasteiger partial charge in [0.1, 0.15) is 12.6 Å². The number of amides is 2. The number of nitrogens with two attached hydrogens (primary N) is 1. The number of hydrogen-bond acceptors (Lipinski definition) is 4. The smallest absolute Gasteiger partial charge is 0.408 e. The van der Waals surface area contributed by atoms with E-state index in [4.69, 9.17) is 10.5 Å². The van der Waals surface area contributed by atoms with E-state index in [2.05, 4.69) is 5.32 Å². The van der Waals surface area contributed by atoms with Crippen LogP contribution in [0.5, 0.6) is 0 Å². The standard InChI is InChI=1S/C13H18N2O3S/c1-19-8-7-11(12(14)16)15-13(17)18-9-10-5-3-2-4-6-10/h2-6,11H,7-9H2,1H3,(H2,14,16)(H,15,17)/t11-/m1/s1. The zero-order chi connectivity index (χ0) is 14.1. The second-order valence-electron chi connectivity index (χ2n) is 3.94. The van der Waals surface area contributed by atoms with Crippen molar-refractivity contribution < 1.29 is 14.3 Å². The second-order valence-corrected chi connectivity index (χ2v) is 4.93. The lowest BCUT2D eigenvalue weighted by molar-refractivity contribution is -0.120. The molecule has 1 atom stereocenters. The summed E-state index contributed by atoms with van der Waals surface area (Å²) in [5.41, 5.74) is 6.10. The molecule has 104 valence electrons. The predicted octanol–water partition coefficient (Wildman–Crippen LogP) is 1.52.